The summed E-state index contributed by atoms with van der Waals surface area (Å²) in [5, 5.41) is 0. The summed E-state index contributed by atoms with van der Waals surface area (Å²) in [4.78, 5) is 0. The van der Waals surface area contributed by atoms with Gasteiger partial charge in [-0.25, -0.2) is 0 Å². The van der Waals surface area contributed by atoms with Crippen LogP contribution in [0.2, 0.25) is 0 Å². The minimum absolute atomic E-state index is 0.0610. The minimum Gasteiger partial charge on any atom is -0.489 e. The average Bonchev–Trinajstić information content (AvgIpc) is 2.34. The highest BCUT2D eigenvalue weighted by molar-refractivity contribution is 9.10. The maximum absolute atomic E-state index is 6.08. The van der Waals surface area contributed by atoms with Gasteiger partial charge in [0, 0.05) is 6.04 Å². The Morgan fingerprint density at radius 1 is 1.28 bits per heavy atom. The second kappa shape index (κ2) is 6.07. The van der Waals surface area contributed by atoms with Gasteiger partial charge in [0.1, 0.15) is 5.75 Å². The molecule has 1 aliphatic carbocycles. The number of benzene rings is 1. The van der Waals surface area contributed by atoms with E-state index in [0.717, 1.165) is 21.7 Å². The smallest absolute Gasteiger partial charge is 0.133 e. The Labute approximate surface area is 118 Å². The molecule has 1 aromatic carbocycles. The number of rotatable bonds is 3. The van der Waals surface area contributed by atoms with E-state index in [1.54, 1.807) is 0 Å². The van der Waals surface area contributed by atoms with E-state index in [1.165, 1.54) is 25.7 Å². The Kier molecular flexibility index (Phi) is 4.68. The molecule has 1 fully saturated rings. The molecule has 1 aromatic rings. The lowest BCUT2D eigenvalue weighted by Crippen LogP contribution is -2.23. The Balaban J connectivity index is 2.01. The fourth-order valence-corrected chi connectivity index (χ4v) is 2.91. The first-order chi connectivity index (χ1) is 8.56. The lowest BCUT2D eigenvalue weighted by molar-refractivity contribution is 0.134. The molecule has 0 saturated heterocycles. The van der Waals surface area contributed by atoms with Crippen LogP contribution in [0.4, 0.5) is 0 Å². The van der Waals surface area contributed by atoms with Crippen LogP contribution in [0.15, 0.2) is 22.7 Å². The summed E-state index contributed by atoms with van der Waals surface area (Å²) in [6, 6.07) is 6.20. The van der Waals surface area contributed by atoms with Crippen molar-refractivity contribution < 1.29 is 4.74 Å². The Morgan fingerprint density at radius 2 is 1.94 bits per heavy atom. The van der Waals surface area contributed by atoms with Gasteiger partial charge in [0.15, 0.2) is 0 Å². The third-order valence-corrected chi connectivity index (χ3v) is 4.36. The predicted octanol–water partition coefficient (Wildman–Crippen LogP) is 4.43. The van der Waals surface area contributed by atoms with Crippen molar-refractivity contribution in [3.8, 4) is 5.75 Å². The molecule has 1 saturated carbocycles. The van der Waals surface area contributed by atoms with Crippen molar-refractivity contribution in [1.29, 1.82) is 0 Å². The van der Waals surface area contributed by atoms with Crippen LogP contribution in [0.1, 0.15) is 51.1 Å². The molecule has 0 aromatic heterocycles. The summed E-state index contributed by atoms with van der Waals surface area (Å²) in [7, 11) is 0. The second-order valence-electron chi connectivity index (χ2n) is 5.48. The van der Waals surface area contributed by atoms with Crippen LogP contribution in [0.5, 0.6) is 5.75 Å². The molecular formula is C15H22BrNO. The van der Waals surface area contributed by atoms with E-state index in [9.17, 15) is 0 Å². The first-order valence-electron chi connectivity index (χ1n) is 6.78. The molecule has 0 unspecified atom stereocenters. The summed E-state index contributed by atoms with van der Waals surface area (Å²) in [5.74, 6) is 1.80. The number of ether oxygens (including phenoxy) is 1. The van der Waals surface area contributed by atoms with E-state index >= 15 is 0 Å². The molecule has 0 bridgehead atoms. The summed E-state index contributed by atoms with van der Waals surface area (Å²) in [6.45, 7) is 4.31. The van der Waals surface area contributed by atoms with Gasteiger partial charge in [-0.2, -0.15) is 0 Å². The Hall–Kier alpha value is -0.540. The van der Waals surface area contributed by atoms with E-state index in [4.69, 9.17) is 10.5 Å². The van der Waals surface area contributed by atoms with Gasteiger partial charge in [0.05, 0.1) is 10.6 Å². The van der Waals surface area contributed by atoms with Crippen molar-refractivity contribution >= 4 is 15.9 Å². The summed E-state index contributed by atoms with van der Waals surface area (Å²) >= 11 is 3.57. The maximum Gasteiger partial charge on any atom is 0.133 e. The minimum atomic E-state index is 0.0610. The highest BCUT2D eigenvalue weighted by Crippen LogP contribution is 2.32. The molecule has 0 aliphatic heterocycles. The summed E-state index contributed by atoms with van der Waals surface area (Å²) in [5.41, 5.74) is 7.00. The maximum atomic E-state index is 6.08. The van der Waals surface area contributed by atoms with Gasteiger partial charge in [-0.15, -0.1) is 0 Å². The van der Waals surface area contributed by atoms with E-state index in [-0.39, 0.29) is 6.04 Å². The van der Waals surface area contributed by atoms with Crippen LogP contribution in [0.3, 0.4) is 0 Å². The summed E-state index contributed by atoms with van der Waals surface area (Å²) < 4.78 is 7.09. The second-order valence-corrected chi connectivity index (χ2v) is 6.33. The zero-order chi connectivity index (χ0) is 13.1. The molecular weight excluding hydrogens is 290 g/mol. The Morgan fingerprint density at radius 3 is 2.50 bits per heavy atom. The van der Waals surface area contributed by atoms with Crippen LogP contribution in [-0.4, -0.2) is 6.10 Å². The number of hydrogen-bond acceptors (Lipinski definition) is 2. The van der Waals surface area contributed by atoms with E-state index in [1.807, 2.05) is 13.0 Å². The predicted molar refractivity (Wildman–Crippen MR) is 78.8 cm³/mol. The first kappa shape index (κ1) is 13.9. The first-order valence-corrected chi connectivity index (χ1v) is 7.57. The van der Waals surface area contributed by atoms with E-state index in [0.29, 0.717) is 6.10 Å². The lowest BCUT2D eigenvalue weighted by atomic mass is 9.89. The topological polar surface area (TPSA) is 35.2 Å². The number of hydrogen-bond donors (Lipinski definition) is 1. The zero-order valence-electron chi connectivity index (χ0n) is 11.2. The van der Waals surface area contributed by atoms with E-state index < -0.39 is 0 Å². The van der Waals surface area contributed by atoms with Crippen LogP contribution in [-0.2, 0) is 0 Å². The molecule has 100 valence electrons. The molecule has 1 aliphatic rings. The molecule has 1 atom stereocenters. The van der Waals surface area contributed by atoms with Crippen molar-refractivity contribution in [2.75, 3.05) is 0 Å². The van der Waals surface area contributed by atoms with Crippen molar-refractivity contribution in [3.05, 3.63) is 28.2 Å². The van der Waals surface area contributed by atoms with Crippen molar-refractivity contribution in [3.63, 3.8) is 0 Å². The van der Waals surface area contributed by atoms with Crippen molar-refractivity contribution in [2.45, 2.75) is 51.7 Å². The van der Waals surface area contributed by atoms with E-state index in [2.05, 4.69) is 35.0 Å². The molecule has 0 spiro atoms. The average molecular weight is 312 g/mol. The lowest BCUT2D eigenvalue weighted by Gasteiger charge is -2.27. The SMILES string of the molecule is CC1CCC(Oc2ccc([C@@H](C)N)cc2Br)CC1. The quantitative estimate of drug-likeness (QED) is 0.896. The molecule has 2 nitrogen and oxygen atoms in total. The van der Waals surface area contributed by atoms with Crippen molar-refractivity contribution in [2.24, 2.45) is 11.7 Å². The number of halogens is 1. The monoisotopic (exact) mass is 311 g/mol. The fraction of sp³-hybridized carbons (Fsp3) is 0.600. The molecule has 0 heterocycles. The van der Waals surface area contributed by atoms with Crippen LogP contribution >= 0.6 is 15.9 Å². The van der Waals surface area contributed by atoms with Gasteiger partial charge in [0.25, 0.3) is 0 Å². The Bertz CT molecular complexity index is 397. The van der Waals surface area contributed by atoms with Gasteiger partial charge < -0.3 is 10.5 Å². The molecule has 18 heavy (non-hydrogen) atoms. The zero-order valence-corrected chi connectivity index (χ0v) is 12.7. The van der Waals surface area contributed by atoms with Crippen LogP contribution < -0.4 is 10.5 Å². The van der Waals surface area contributed by atoms with Crippen molar-refractivity contribution in [1.82, 2.24) is 0 Å². The highest BCUT2D eigenvalue weighted by atomic mass is 79.9. The fourth-order valence-electron chi connectivity index (χ4n) is 2.42. The molecule has 2 N–H and O–H groups in total. The van der Waals surface area contributed by atoms with Gasteiger partial charge >= 0.3 is 0 Å². The van der Waals surface area contributed by atoms with Gasteiger partial charge in [-0.1, -0.05) is 13.0 Å². The van der Waals surface area contributed by atoms with Crippen LogP contribution in [0, 0.1) is 5.92 Å². The molecule has 0 radical (unpaired) electrons. The largest absolute Gasteiger partial charge is 0.489 e. The normalized spacial score (nSPS) is 25.8. The highest BCUT2D eigenvalue weighted by Gasteiger charge is 2.20. The van der Waals surface area contributed by atoms with Crippen LogP contribution in [0.25, 0.3) is 0 Å². The third kappa shape index (κ3) is 3.48. The molecule has 2 rings (SSSR count). The third-order valence-electron chi connectivity index (χ3n) is 3.74. The molecule has 3 heteroatoms. The number of nitrogens with two attached hydrogens (primary N) is 1. The molecule has 0 amide bonds. The van der Waals surface area contributed by atoms with Gasteiger partial charge in [0.2, 0.25) is 0 Å². The van der Waals surface area contributed by atoms with Gasteiger partial charge in [-0.3, -0.25) is 0 Å². The van der Waals surface area contributed by atoms with Gasteiger partial charge in [-0.05, 0) is 72.2 Å². The standard InChI is InChI=1S/C15H22BrNO/c1-10-3-6-13(7-4-10)18-15-8-5-12(11(2)17)9-14(15)16/h5,8-11,13H,3-4,6-7,17H2,1-2H3/t10?,11-,13?/m1/s1. The summed E-state index contributed by atoms with van der Waals surface area (Å²) in [6.07, 6.45) is 5.27.